The minimum atomic E-state index is -0.849. The van der Waals surface area contributed by atoms with Gasteiger partial charge in [0, 0.05) is 0 Å². The lowest BCUT2D eigenvalue weighted by Gasteiger charge is -2.22. The molecule has 0 amide bonds. The summed E-state index contributed by atoms with van der Waals surface area (Å²) in [6.45, 7) is 4.10. The largest absolute Gasteiger partial charge is 0.466 e. The number of ether oxygens (including phenoxy) is 1. The summed E-state index contributed by atoms with van der Waals surface area (Å²) in [4.78, 5) is 12.3. The molecule has 0 aromatic heterocycles. The molecule has 0 aliphatic rings. The highest BCUT2D eigenvalue weighted by atomic mass is 16.5. The van der Waals surface area contributed by atoms with E-state index in [4.69, 9.17) is 4.74 Å². The van der Waals surface area contributed by atoms with Gasteiger partial charge >= 0.3 is 5.97 Å². The maximum absolute atomic E-state index is 12.3. The lowest BCUT2D eigenvalue weighted by atomic mass is 9.90. The molecule has 0 aliphatic heterocycles. The van der Waals surface area contributed by atoms with Gasteiger partial charge in [0.25, 0.3) is 0 Å². The highest BCUT2D eigenvalue weighted by Crippen LogP contribution is 2.27. The second kappa shape index (κ2) is 8.49. The zero-order valence-corrected chi connectivity index (χ0v) is 13.7. The Labute approximate surface area is 137 Å². The van der Waals surface area contributed by atoms with Crippen LogP contribution in [0.2, 0.25) is 0 Å². The van der Waals surface area contributed by atoms with E-state index in [2.05, 4.69) is 0 Å². The standard InChI is InChI=1S/C20H24O3/c1-3-23-20(22)18(14-11-16-7-5-4-6-8-16)19(21)17-12-9-15(2)10-13-17/h4-10,12-13,18-19,21H,3,11,14H2,1-2H3/t18-,19-/m1/s1. The summed E-state index contributed by atoms with van der Waals surface area (Å²) in [5.41, 5.74) is 3.03. The van der Waals surface area contributed by atoms with Gasteiger partial charge < -0.3 is 9.84 Å². The average molecular weight is 312 g/mol. The number of benzene rings is 2. The fraction of sp³-hybridized carbons (Fsp3) is 0.350. The molecule has 122 valence electrons. The molecule has 0 fully saturated rings. The van der Waals surface area contributed by atoms with Crippen molar-refractivity contribution in [1.82, 2.24) is 0 Å². The molecule has 3 heteroatoms. The number of carbonyl (C=O) groups is 1. The first kappa shape index (κ1) is 17.2. The topological polar surface area (TPSA) is 46.5 Å². The van der Waals surface area contributed by atoms with Gasteiger partial charge in [0.2, 0.25) is 0 Å². The van der Waals surface area contributed by atoms with E-state index in [1.165, 1.54) is 0 Å². The fourth-order valence-corrected chi connectivity index (χ4v) is 2.62. The lowest BCUT2D eigenvalue weighted by Crippen LogP contribution is -2.25. The minimum absolute atomic E-state index is 0.321. The summed E-state index contributed by atoms with van der Waals surface area (Å²) in [6, 6.07) is 17.6. The Bertz CT molecular complexity index is 605. The molecule has 1 N–H and O–H groups in total. The van der Waals surface area contributed by atoms with E-state index >= 15 is 0 Å². The fourth-order valence-electron chi connectivity index (χ4n) is 2.62. The third-order valence-electron chi connectivity index (χ3n) is 3.98. The molecule has 2 rings (SSSR count). The summed E-state index contributed by atoms with van der Waals surface area (Å²) in [6.07, 6.45) is 0.434. The van der Waals surface area contributed by atoms with Crippen LogP contribution in [-0.2, 0) is 16.0 Å². The van der Waals surface area contributed by atoms with Gasteiger partial charge in [-0.2, -0.15) is 0 Å². The van der Waals surface area contributed by atoms with Gasteiger partial charge in [-0.05, 0) is 37.8 Å². The van der Waals surface area contributed by atoms with Crippen LogP contribution in [0.25, 0.3) is 0 Å². The number of rotatable bonds is 7. The monoisotopic (exact) mass is 312 g/mol. The van der Waals surface area contributed by atoms with Gasteiger partial charge in [-0.15, -0.1) is 0 Å². The summed E-state index contributed by atoms with van der Waals surface area (Å²) < 4.78 is 5.16. The Morgan fingerprint density at radius 1 is 1.09 bits per heavy atom. The van der Waals surface area contributed by atoms with Crippen molar-refractivity contribution in [1.29, 1.82) is 0 Å². The molecule has 3 nitrogen and oxygen atoms in total. The zero-order valence-electron chi connectivity index (χ0n) is 13.7. The quantitative estimate of drug-likeness (QED) is 0.790. The molecule has 0 bridgehead atoms. The summed E-state index contributed by atoms with van der Waals surface area (Å²) in [5.74, 6) is -0.894. The molecule has 0 spiro atoms. The van der Waals surface area contributed by atoms with E-state index in [1.54, 1.807) is 6.92 Å². The van der Waals surface area contributed by atoms with Crippen LogP contribution in [0.3, 0.4) is 0 Å². The molecule has 2 aromatic rings. The maximum atomic E-state index is 12.3. The first-order chi connectivity index (χ1) is 11.1. The predicted octanol–water partition coefficient (Wildman–Crippen LogP) is 3.84. The van der Waals surface area contributed by atoms with Crippen LogP contribution in [0, 0.1) is 12.8 Å². The van der Waals surface area contributed by atoms with E-state index in [-0.39, 0.29) is 5.97 Å². The number of aliphatic hydroxyl groups excluding tert-OH is 1. The van der Waals surface area contributed by atoms with Crippen molar-refractivity contribution in [2.45, 2.75) is 32.8 Å². The zero-order chi connectivity index (χ0) is 16.7. The molecule has 0 saturated heterocycles. The SMILES string of the molecule is CCOC(=O)[C@H](CCc1ccccc1)[C@H](O)c1ccc(C)cc1. The highest BCUT2D eigenvalue weighted by molar-refractivity contribution is 5.73. The van der Waals surface area contributed by atoms with Gasteiger partial charge in [0.05, 0.1) is 18.6 Å². The van der Waals surface area contributed by atoms with Crippen LogP contribution >= 0.6 is 0 Å². The van der Waals surface area contributed by atoms with Crippen LogP contribution in [0.1, 0.15) is 36.1 Å². The van der Waals surface area contributed by atoms with Crippen molar-refractivity contribution < 1.29 is 14.6 Å². The molecule has 23 heavy (non-hydrogen) atoms. The molecule has 2 atom stereocenters. The molecular weight excluding hydrogens is 288 g/mol. The number of hydrogen-bond acceptors (Lipinski definition) is 3. The number of aliphatic hydroxyl groups is 1. The Morgan fingerprint density at radius 2 is 1.74 bits per heavy atom. The third kappa shape index (κ3) is 4.93. The predicted molar refractivity (Wildman–Crippen MR) is 91.0 cm³/mol. The molecule has 0 saturated carbocycles. The van der Waals surface area contributed by atoms with Gasteiger partial charge in [-0.25, -0.2) is 0 Å². The van der Waals surface area contributed by atoms with Crippen LogP contribution in [0.5, 0.6) is 0 Å². The van der Waals surface area contributed by atoms with E-state index in [0.29, 0.717) is 13.0 Å². The minimum Gasteiger partial charge on any atom is -0.466 e. The first-order valence-electron chi connectivity index (χ1n) is 8.07. The number of hydrogen-bond donors (Lipinski definition) is 1. The highest BCUT2D eigenvalue weighted by Gasteiger charge is 2.29. The Kier molecular flexibility index (Phi) is 6.36. The van der Waals surface area contributed by atoms with Crippen LogP contribution < -0.4 is 0 Å². The Hall–Kier alpha value is -2.13. The summed E-state index contributed by atoms with van der Waals surface area (Å²) >= 11 is 0. The third-order valence-corrected chi connectivity index (χ3v) is 3.98. The summed E-state index contributed by atoms with van der Waals surface area (Å²) in [7, 11) is 0. The van der Waals surface area contributed by atoms with Crippen LogP contribution in [0.4, 0.5) is 0 Å². The molecule has 0 unspecified atom stereocenters. The van der Waals surface area contributed by atoms with E-state index in [1.807, 2.05) is 61.5 Å². The second-order valence-electron chi connectivity index (χ2n) is 5.74. The molecule has 0 heterocycles. The summed E-state index contributed by atoms with van der Waals surface area (Å²) in [5, 5.41) is 10.6. The first-order valence-corrected chi connectivity index (χ1v) is 8.07. The smallest absolute Gasteiger partial charge is 0.311 e. The van der Waals surface area contributed by atoms with Crippen molar-refractivity contribution >= 4 is 5.97 Å². The van der Waals surface area contributed by atoms with Crippen molar-refractivity contribution in [3.63, 3.8) is 0 Å². The van der Waals surface area contributed by atoms with Gasteiger partial charge in [0.1, 0.15) is 0 Å². The van der Waals surface area contributed by atoms with Gasteiger partial charge in [0.15, 0.2) is 0 Å². The Balaban J connectivity index is 2.12. The maximum Gasteiger partial charge on any atom is 0.311 e. The number of esters is 1. The molecule has 0 radical (unpaired) electrons. The van der Waals surface area contributed by atoms with Crippen molar-refractivity contribution in [2.75, 3.05) is 6.61 Å². The Morgan fingerprint density at radius 3 is 2.35 bits per heavy atom. The lowest BCUT2D eigenvalue weighted by molar-refractivity contribution is -0.152. The van der Waals surface area contributed by atoms with E-state index in [0.717, 1.165) is 23.1 Å². The van der Waals surface area contributed by atoms with Gasteiger partial charge in [-0.3, -0.25) is 4.79 Å². The second-order valence-corrected chi connectivity index (χ2v) is 5.74. The van der Waals surface area contributed by atoms with Crippen LogP contribution in [-0.4, -0.2) is 17.7 Å². The van der Waals surface area contributed by atoms with E-state index in [9.17, 15) is 9.90 Å². The van der Waals surface area contributed by atoms with Crippen molar-refractivity contribution in [3.8, 4) is 0 Å². The number of carbonyl (C=O) groups excluding carboxylic acids is 1. The molecular formula is C20H24O3. The average Bonchev–Trinajstić information content (AvgIpc) is 2.56. The van der Waals surface area contributed by atoms with Crippen molar-refractivity contribution in [3.05, 3.63) is 71.3 Å². The van der Waals surface area contributed by atoms with E-state index < -0.39 is 12.0 Å². The molecule has 0 aliphatic carbocycles. The van der Waals surface area contributed by atoms with Crippen molar-refractivity contribution in [2.24, 2.45) is 5.92 Å². The number of aryl methyl sites for hydroxylation is 2. The molecule has 2 aromatic carbocycles. The van der Waals surface area contributed by atoms with Gasteiger partial charge in [-0.1, -0.05) is 60.2 Å². The normalized spacial score (nSPS) is 13.3. The van der Waals surface area contributed by atoms with Crippen LogP contribution in [0.15, 0.2) is 54.6 Å².